The fourth-order valence-electron chi connectivity index (χ4n) is 3.79. The van der Waals surface area contributed by atoms with E-state index in [1.54, 1.807) is 12.1 Å². The van der Waals surface area contributed by atoms with E-state index in [4.69, 9.17) is 0 Å². The van der Waals surface area contributed by atoms with Crippen molar-refractivity contribution in [3.05, 3.63) is 35.6 Å². The predicted octanol–water partition coefficient (Wildman–Crippen LogP) is 2.73. The van der Waals surface area contributed by atoms with Crippen LogP contribution in [0.15, 0.2) is 24.3 Å². The smallest absolute Gasteiger partial charge is 0.208 e. The van der Waals surface area contributed by atoms with Gasteiger partial charge in [0.15, 0.2) is 0 Å². The van der Waals surface area contributed by atoms with Gasteiger partial charge in [-0.3, -0.25) is 0 Å². The van der Waals surface area contributed by atoms with E-state index in [2.05, 4.69) is 23.9 Å². The van der Waals surface area contributed by atoms with Gasteiger partial charge in [-0.25, -0.2) is 17.5 Å². The van der Waals surface area contributed by atoms with Gasteiger partial charge >= 0.3 is 0 Å². The maximum absolute atomic E-state index is 13.3. The van der Waals surface area contributed by atoms with Gasteiger partial charge in [-0.15, -0.1) is 0 Å². The molecule has 0 bridgehead atoms. The zero-order valence-electron chi connectivity index (χ0n) is 15.8. The van der Waals surface area contributed by atoms with E-state index in [0.717, 1.165) is 32.1 Å². The van der Waals surface area contributed by atoms with E-state index in [9.17, 15) is 17.9 Å². The second-order valence-electron chi connectivity index (χ2n) is 8.15. The van der Waals surface area contributed by atoms with Crippen molar-refractivity contribution in [2.24, 2.45) is 5.92 Å². The Kier molecular flexibility index (Phi) is 7.19. The summed E-state index contributed by atoms with van der Waals surface area (Å²) in [7, 11) is -3.14. The lowest BCUT2D eigenvalue weighted by Crippen LogP contribution is -2.44. The molecule has 1 fully saturated rings. The van der Waals surface area contributed by atoms with E-state index in [1.165, 1.54) is 18.4 Å². The second-order valence-corrected chi connectivity index (χ2v) is 9.93. The molecule has 0 aliphatic heterocycles. The minimum absolute atomic E-state index is 0.0483. The van der Waals surface area contributed by atoms with Crippen molar-refractivity contribution in [2.45, 2.75) is 63.6 Å². The fraction of sp³-hybridized carbons (Fsp3) is 0.684. The van der Waals surface area contributed by atoms with Crippen molar-refractivity contribution in [3.63, 3.8) is 0 Å². The molecule has 0 heterocycles. The van der Waals surface area contributed by atoms with Crippen LogP contribution in [-0.2, 0) is 10.0 Å². The summed E-state index contributed by atoms with van der Waals surface area (Å²) in [5.74, 6) is 0.182. The minimum atomic E-state index is -3.14. The number of β-amino-alcohol motifs (C(OH)–C–C–N with tert-alkyl or cyclic N) is 1. The maximum Gasteiger partial charge on any atom is 0.208 e. The average Bonchev–Trinajstić information content (AvgIpc) is 2.53. The quantitative estimate of drug-likeness (QED) is 0.642. The monoisotopic (exact) mass is 386 g/mol. The van der Waals surface area contributed by atoms with Crippen LogP contribution in [0.5, 0.6) is 0 Å². The van der Waals surface area contributed by atoms with Gasteiger partial charge in [0.1, 0.15) is 5.82 Å². The number of nitrogens with one attached hydrogen (secondary N) is 2. The van der Waals surface area contributed by atoms with E-state index in [1.807, 2.05) is 0 Å². The number of hydrogen-bond acceptors (Lipinski definition) is 4. The summed E-state index contributed by atoms with van der Waals surface area (Å²) >= 11 is 0. The third-order valence-corrected chi connectivity index (χ3v) is 5.80. The van der Waals surface area contributed by atoms with Crippen LogP contribution < -0.4 is 10.0 Å². The van der Waals surface area contributed by atoms with E-state index in [0.29, 0.717) is 18.0 Å². The lowest BCUT2D eigenvalue weighted by atomic mass is 9.79. The first-order valence-electron chi connectivity index (χ1n) is 9.20. The summed E-state index contributed by atoms with van der Waals surface area (Å²) in [4.78, 5) is 0. The first-order chi connectivity index (χ1) is 12.0. The molecule has 0 aromatic heterocycles. The topological polar surface area (TPSA) is 78.4 Å². The molecule has 1 saturated carbocycles. The Morgan fingerprint density at radius 2 is 1.92 bits per heavy atom. The molecular weight excluding hydrogens is 355 g/mol. The molecule has 1 aromatic carbocycles. The summed E-state index contributed by atoms with van der Waals surface area (Å²) < 4.78 is 38.6. The lowest BCUT2D eigenvalue weighted by Gasteiger charge is -2.35. The molecule has 5 nitrogen and oxygen atoms in total. The van der Waals surface area contributed by atoms with Crippen LogP contribution in [0.2, 0.25) is 0 Å². The SMILES string of the molecule is CC(C)(CC1CCC(NS(C)(=O)=O)CC1)NC[C@H](O)c1cccc(F)c1. The molecular formula is C19H31FN2O3S. The van der Waals surface area contributed by atoms with Gasteiger partial charge in [0, 0.05) is 18.1 Å². The van der Waals surface area contributed by atoms with E-state index in [-0.39, 0.29) is 17.4 Å². The third-order valence-electron chi connectivity index (χ3n) is 5.03. The molecule has 7 heteroatoms. The van der Waals surface area contributed by atoms with Crippen molar-refractivity contribution in [2.75, 3.05) is 12.8 Å². The average molecular weight is 387 g/mol. The molecule has 1 aliphatic carbocycles. The third kappa shape index (κ3) is 7.31. The minimum Gasteiger partial charge on any atom is -0.387 e. The Hall–Kier alpha value is -1.02. The molecule has 0 saturated heterocycles. The van der Waals surface area contributed by atoms with Crippen molar-refractivity contribution >= 4 is 10.0 Å². The van der Waals surface area contributed by atoms with Crippen LogP contribution in [0, 0.1) is 11.7 Å². The molecule has 0 radical (unpaired) electrons. The van der Waals surface area contributed by atoms with E-state index >= 15 is 0 Å². The molecule has 3 N–H and O–H groups in total. The Bertz CT molecular complexity index is 686. The van der Waals surface area contributed by atoms with Gasteiger partial charge in [0.2, 0.25) is 10.0 Å². The molecule has 26 heavy (non-hydrogen) atoms. The molecule has 0 unspecified atom stereocenters. The Balaban J connectivity index is 1.78. The van der Waals surface area contributed by atoms with Gasteiger partial charge < -0.3 is 10.4 Å². The Morgan fingerprint density at radius 3 is 2.50 bits per heavy atom. The highest BCUT2D eigenvalue weighted by atomic mass is 32.2. The Morgan fingerprint density at radius 1 is 1.27 bits per heavy atom. The van der Waals surface area contributed by atoms with Gasteiger partial charge in [0.25, 0.3) is 0 Å². The summed E-state index contributed by atoms with van der Waals surface area (Å²) in [6, 6.07) is 6.09. The number of aliphatic hydroxyl groups is 1. The van der Waals surface area contributed by atoms with Crippen molar-refractivity contribution in [1.82, 2.24) is 10.0 Å². The van der Waals surface area contributed by atoms with Gasteiger partial charge in [-0.1, -0.05) is 12.1 Å². The number of aliphatic hydroxyl groups excluding tert-OH is 1. The zero-order valence-corrected chi connectivity index (χ0v) is 16.7. The highest BCUT2D eigenvalue weighted by Crippen LogP contribution is 2.31. The van der Waals surface area contributed by atoms with Gasteiger partial charge in [0.05, 0.1) is 12.4 Å². The second kappa shape index (κ2) is 8.78. The summed E-state index contributed by atoms with van der Waals surface area (Å²) in [6.45, 7) is 4.57. The van der Waals surface area contributed by atoms with Gasteiger partial charge in [-0.2, -0.15) is 0 Å². The predicted molar refractivity (Wildman–Crippen MR) is 102 cm³/mol. The molecule has 1 aromatic rings. The summed E-state index contributed by atoms with van der Waals surface area (Å²) in [6.07, 6.45) is 5.11. The molecule has 1 aliphatic rings. The van der Waals surface area contributed by atoms with Crippen LogP contribution in [0.3, 0.4) is 0 Å². The van der Waals surface area contributed by atoms with Crippen LogP contribution in [0.4, 0.5) is 4.39 Å². The number of rotatable bonds is 8. The molecule has 148 valence electrons. The molecule has 1 atom stereocenters. The maximum atomic E-state index is 13.3. The summed E-state index contributed by atoms with van der Waals surface area (Å²) in [5.41, 5.74) is 0.413. The normalized spacial score (nSPS) is 23.0. The number of benzene rings is 1. The van der Waals surface area contributed by atoms with Gasteiger partial charge in [-0.05, 0) is 69.6 Å². The molecule has 2 rings (SSSR count). The van der Waals surface area contributed by atoms with Crippen molar-refractivity contribution in [3.8, 4) is 0 Å². The first kappa shape index (κ1) is 21.3. The van der Waals surface area contributed by atoms with Crippen LogP contribution >= 0.6 is 0 Å². The summed E-state index contributed by atoms with van der Waals surface area (Å²) in [5, 5.41) is 13.7. The Labute approximate surface area is 156 Å². The van der Waals surface area contributed by atoms with E-state index < -0.39 is 16.1 Å². The standard InChI is InChI=1S/C19H31FN2O3S/c1-19(2,21-13-18(23)15-5-4-6-16(20)11-15)12-14-7-9-17(10-8-14)22-26(3,24)25/h4-6,11,14,17-18,21-23H,7-10,12-13H2,1-3H3/t14?,17?,18-/m0/s1. The molecule has 0 amide bonds. The largest absolute Gasteiger partial charge is 0.387 e. The van der Waals surface area contributed by atoms with Crippen molar-refractivity contribution in [1.29, 1.82) is 0 Å². The zero-order chi connectivity index (χ0) is 19.4. The van der Waals surface area contributed by atoms with Crippen LogP contribution in [0.1, 0.15) is 57.6 Å². The highest BCUT2D eigenvalue weighted by molar-refractivity contribution is 7.88. The van der Waals surface area contributed by atoms with Crippen molar-refractivity contribution < 1.29 is 17.9 Å². The highest BCUT2D eigenvalue weighted by Gasteiger charge is 2.28. The van der Waals surface area contributed by atoms with Crippen LogP contribution in [-0.4, -0.2) is 37.9 Å². The first-order valence-corrected chi connectivity index (χ1v) is 11.1. The fourth-order valence-corrected chi connectivity index (χ4v) is 4.63. The number of sulfonamides is 1. The van der Waals surface area contributed by atoms with Crippen LogP contribution in [0.25, 0.3) is 0 Å². The number of halogens is 1. The lowest BCUT2D eigenvalue weighted by molar-refractivity contribution is 0.149. The molecule has 0 spiro atoms. The number of hydrogen-bond donors (Lipinski definition) is 3.